The predicted molar refractivity (Wildman–Crippen MR) is 78.3 cm³/mol. The second kappa shape index (κ2) is 6.97. The van der Waals surface area contributed by atoms with Crippen molar-refractivity contribution in [2.75, 3.05) is 6.61 Å². The molecule has 2 rings (SSSR count). The zero-order valence-corrected chi connectivity index (χ0v) is 13.0. The molecule has 0 bridgehead atoms. The highest BCUT2D eigenvalue weighted by atomic mass is 32.2. The second-order valence-electron chi connectivity index (χ2n) is 4.91. The Morgan fingerprint density at radius 3 is 2.64 bits per heavy atom. The molecule has 1 aromatic carbocycles. The van der Waals surface area contributed by atoms with Gasteiger partial charge in [0.1, 0.15) is 6.17 Å². The molecular weight excluding hydrogens is 309 g/mol. The van der Waals surface area contributed by atoms with Gasteiger partial charge in [-0.15, -0.1) is 5.10 Å². The van der Waals surface area contributed by atoms with E-state index in [1.807, 2.05) is 6.92 Å². The summed E-state index contributed by atoms with van der Waals surface area (Å²) in [7, 11) is -3.94. The van der Waals surface area contributed by atoms with Crippen LogP contribution in [0.2, 0.25) is 0 Å². The predicted octanol–water partition coefficient (Wildman–Crippen LogP) is 1.90. The maximum Gasteiger partial charge on any atom is 0.297 e. The van der Waals surface area contributed by atoms with E-state index in [4.69, 9.17) is 4.18 Å². The van der Waals surface area contributed by atoms with Crippen LogP contribution in [-0.4, -0.2) is 36.2 Å². The number of aryl methyl sites for hydroxylation is 2. The summed E-state index contributed by atoms with van der Waals surface area (Å²) < 4.78 is 43.7. The Morgan fingerprint density at radius 1 is 1.36 bits per heavy atom. The smallest absolute Gasteiger partial charge is 0.263 e. The third-order valence-corrected chi connectivity index (χ3v) is 4.27. The Morgan fingerprint density at radius 2 is 2.05 bits per heavy atom. The van der Waals surface area contributed by atoms with Crippen molar-refractivity contribution in [3.63, 3.8) is 0 Å². The Labute approximate surface area is 129 Å². The van der Waals surface area contributed by atoms with Crippen molar-refractivity contribution < 1.29 is 17.0 Å². The fourth-order valence-corrected chi connectivity index (χ4v) is 2.67. The maximum atomic E-state index is 13.7. The molecule has 8 heteroatoms. The van der Waals surface area contributed by atoms with Gasteiger partial charge in [-0.25, -0.2) is 4.39 Å². The molecule has 0 saturated heterocycles. The van der Waals surface area contributed by atoms with E-state index in [0.717, 1.165) is 5.56 Å². The molecule has 0 spiro atoms. The summed E-state index contributed by atoms with van der Waals surface area (Å²) in [6, 6.07) is 6.18. The number of aromatic nitrogens is 3. The molecule has 0 amide bonds. The summed E-state index contributed by atoms with van der Waals surface area (Å²) in [5, 5.41) is 7.41. The highest BCUT2D eigenvalue weighted by molar-refractivity contribution is 7.86. The largest absolute Gasteiger partial charge is 0.297 e. The van der Waals surface area contributed by atoms with Crippen molar-refractivity contribution in [2.45, 2.75) is 31.0 Å². The lowest BCUT2D eigenvalue weighted by atomic mass is 10.2. The Hall–Kier alpha value is -1.80. The van der Waals surface area contributed by atoms with E-state index >= 15 is 0 Å². The Kier molecular flexibility index (Phi) is 5.25. The average molecular weight is 326 g/mol. The van der Waals surface area contributed by atoms with Crippen LogP contribution >= 0.6 is 0 Å². The minimum absolute atomic E-state index is 0.0169. The standard InChI is InChI=1S/C14H17FN3O3S/c1-11-3-5-14(6-4-11)22(19,20)21-10-13(15)7-8-18-9-12(2)16-17-18/h3-6,9,13H,2,7-8,10H2,1H3. The van der Waals surface area contributed by atoms with Gasteiger partial charge in [-0.1, -0.05) is 22.9 Å². The SMILES string of the molecule is [CH2]c1cn(CCC(F)COS(=O)(=O)c2ccc(C)cc2)nn1. The van der Waals surface area contributed by atoms with Gasteiger partial charge in [0.25, 0.3) is 10.1 Å². The van der Waals surface area contributed by atoms with Crippen LogP contribution in [0, 0.1) is 13.8 Å². The van der Waals surface area contributed by atoms with Crippen LogP contribution in [0.15, 0.2) is 35.4 Å². The number of alkyl halides is 1. The molecule has 0 N–H and O–H groups in total. The van der Waals surface area contributed by atoms with Crippen molar-refractivity contribution in [1.82, 2.24) is 15.0 Å². The molecule has 119 valence electrons. The minimum Gasteiger partial charge on any atom is -0.263 e. The summed E-state index contributed by atoms with van der Waals surface area (Å²) >= 11 is 0. The molecule has 22 heavy (non-hydrogen) atoms. The monoisotopic (exact) mass is 326 g/mol. The molecule has 6 nitrogen and oxygen atoms in total. The van der Waals surface area contributed by atoms with Gasteiger partial charge in [0.15, 0.2) is 0 Å². The summed E-state index contributed by atoms with van der Waals surface area (Å²) in [6.45, 7) is 5.18. The van der Waals surface area contributed by atoms with Gasteiger partial charge in [-0.3, -0.25) is 8.86 Å². The summed E-state index contributed by atoms with van der Waals surface area (Å²) in [4.78, 5) is 0.0169. The van der Waals surface area contributed by atoms with Gasteiger partial charge in [-0.2, -0.15) is 8.42 Å². The molecule has 1 aromatic heterocycles. The number of rotatable bonds is 7. The van der Waals surface area contributed by atoms with Gasteiger partial charge < -0.3 is 0 Å². The number of nitrogens with zero attached hydrogens (tertiary/aromatic N) is 3. The molecule has 0 fully saturated rings. The van der Waals surface area contributed by atoms with E-state index in [9.17, 15) is 12.8 Å². The Bertz CT molecular complexity index is 713. The van der Waals surface area contributed by atoms with Gasteiger partial charge in [0.2, 0.25) is 0 Å². The molecule has 0 aliphatic rings. The molecule has 1 unspecified atom stereocenters. The van der Waals surface area contributed by atoms with Crippen LogP contribution in [0.1, 0.15) is 17.7 Å². The van der Waals surface area contributed by atoms with E-state index in [2.05, 4.69) is 17.2 Å². The third kappa shape index (κ3) is 4.60. The van der Waals surface area contributed by atoms with Crippen molar-refractivity contribution >= 4 is 10.1 Å². The number of benzene rings is 1. The van der Waals surface area contributed by atoms with Crippen molar-refractivity contribution in [2.24, 2.45) is 0 Å². The molecular formula is C14H17FN3O3S. The molecule has 0 saturated carbocycles. The zero-order valence-electron chi connectivity index (χ0n) is 12.1. The lowest BCUT2D eigenvalue weighted by Gasteiger charge is -2.09. The van der Waals surface area contributed by atoms with E-state index in [1.165, 1.54) is 16.8 Å². The van der Waals surface area contributed by atoms with E-state index in [1.54, 1.807) is 18.3 Å². The highest BCUT2D eigenvalue weighted by Crippen LogP contribution is 2.14. The molecule has 1 heterocycles. The first-order valence-corrected chi connectivity index (χ1v) is 8.10. The number of halogens is 1. The lowest BCUT2D eigenvalue weighted by Crippen LogP contribution is -2.17. The van der Waals surface area contributed by atoms with E-state index in [-0.39, 0.29) is 17.9 Å². The first kappa shape index (κ1) is 16.6. The van der Waals surface area contributed by atoms with Gasteiger partial charge in [0.05, 0.1) is 17.2 Å². The summed E-state index contributed by atoms with van der Waals surface area (Å²) in [5.74, 6) is 0. The minimum atomic E-state index is -3.94. The molecule has 1 radical (unpaired) electrons. The van der Waals surface area contributed by atoms with E-state index in [0.29, 0.717) is 5.69 Å². The van der Waals surface area contributed by atoms with E-state index < -0.39 is 22.9 Å². The van der Waals surface area contributed by atoms with Crippen LogP contribution in [0.5, 0.6) is 0 Å². The van der Waals surface area contributed by atoms with Gasteiger partial charge >= 0.3 is 0 Å². The highest BCUT2D eigenvalue weighted by Gasteiger charge is 2.18. The average Bonchev–Trinajstić information content (AvgIpc) is 2.89. The topological polar surface area (TPSA) is 74.1 Å². The van der Waals surface area contributed by atoms with Crippen LogP contribution in [0.4, 0.5) is 4.39 Å². The molecule has 1 atom stereocenters. The van der Waals surface area contributed by atoms with Crippen LogP contribution in [0.25, 0.3) is 0 Å². The maximum absolute atomic E-state index is 13.7. The zero-order chi connectivity index (χ0) is 16.2. The third-order valence-electron chi connectivity index (χ3n) is 2.97. The first-order chi connectivity index (χ1) is 10.4. The number of hydrogen-bond acceptors (Lipinski definition) is 5. The van der Waals surface area contributed by atoms with Crippen LogP contribution in [0.3, 0.4) is 0 Å². The normalized spacial score (nSPS) is 13.2. The summed E-state index contributed by atoms with van der Waals surface area (Å²) in [6.07, 6.45) is 0.237. The first-order valence-electron chi connectivity index (χ1n) is 6.69. The Balaban J connectivity index is 1.84. The van der Waals surface area contributed by atoms with Gasteiger partial charge in [0, 0.05) is 19.2 Å². The molecule has 2 aromatic rings. The van der Waals surface area contributed by atoms with Crippen molar-refractivity contribution in [3.05, 3.63) is 48.6 Å². The quantitative estimate of drug-likeness (QED) is 0.727. The number of hydrogen-bond donors (Lipinski definition) is 0. The van der Waals surface area contributed by atoms with Crippen LogP contribution < -0.4 is 0 Å². The lowest BCUT2D eigenvalue weighted by molar-refractivity contribution is 0.184. The van der Waals surface area contributed by atoms with Gasteiger partial charge in [-0.05, 0) is 26.0 Å². The van der Waals surface area contributed by atoms with Crippen LogP contribution in [-0.2, 0) is 20.8 Å². The molecule has 0 aliphatic carbocycles. The summed E-state index contributed by atoms with van der Waals surface area (Å²) in [5.41, 5.74) is 1.42. The second-order valence-corrected chi connectivity index (χ2v) is 6.53. The van der Waals surface area contributed by atoms with Crippen molar-refractivity contribution in [1.29, 1.82) is 0 Å². The molecule has 0 aliphatic heterocycles. The fourth-order valence-electron chi connectivity index (χ4n) is 1.74. The van der Waals surface area contributed by atoms with Crippen molar-refractivity contribution in [3.8, 4) is 0 Å². The fraction of sp³-hybridized carbons (Fsp3) is 0.357.